The molecule has 0 saturated carbocycles. The third-order valence-corrected chi connectivity index (χ3v) is 3.47. The molecule has 0 spiro atoms. The van der Waals surface area contributed by atoms with Crippen LogP contribution in [0.5, 0.6) is 5.75 Å². The minimum absolute atomic E-state index is 0.696. The molecule has 106 valence electrons. The van der Waals surface area contributed by atoms with Gasteiger partial charge in [0.15, 0.2) is 0 Å². The van der Waals surface area contributed by atoms with Crippen molar-refractivity contribution in [2.75, 3.05) is 17.3 Å². The summed E-state index contributed by atoms with van der Waals surface area (Å²) in [4.78, 5) is 0. The van der Waals surface area contributed by atoms with Crippen molar-refractivity contribution in [2.45, 2.75) is 19.9 Å². The van der Waals surface area contributed by atoms with E-state index in [1.165, 1.54) is 16.8 Å². The first-order valence-electron chi connectivity index (χ1n) is 6.93. The Balaban J connectivity index is 1.93. The number of benzene rings is 2. The first-order valence-corrected chi connectivity index (χ1v) is 8.05. The molecular weight excluding hydrogens is 314 g/mol. The van der Waals surface area contributed by atoms with Crippen molar-refractivity contribution < 1.29 is 4.74 Å². The molecule has 0 atom stereocenters. The second kappa shape index (κ2) is 7.95. The molecule has 2 nitrogen and oxygen atoms in total. The van der Waals surface area contributed by atoms with Gasteiger partial charge in [-0.1, -0.05) is 53.2 Å². The van der Waals surface area contributed by atoms with Crippen LogP contribution in [0.15, 0.2) is 48.5 Å². The molecule has 0 aromatic heterocycles. The van der Waals surface area contributed by atoms with Crippen molar-refractivity contribution in [3.05, 3.63) is 59.7 Å². The smallest absolute Gasteiger partial charge is 0.119 e. The van der Waals surface area contributed by atoms with Crippen LogP contribution >= 0.6 is 15.9 Å². The molecule has 2 aromatic carbocycles. The topological polar surface area (TPSA) is 21.3 Å². The van der Waals surface area contributed by atoms with Gasteiger partial charge >= 0.3 is 0 Å². The zero-order chi connectivity index (χ0) is 14.2. The zero-order valence-corrected chi connectivity index (χ0v) is 13.3. The van der Waals surface area contributed by atoms with E-state index in [1.807, 2.05) is 12.1 Å². The van der Waals surface area contributed by atoms with Crippen LogP contribution in [0.2, 0.25) is 0 Å². The number of nitrogens with one attached hydrogen (secondary N) is 1. The Bertz CT molecular complexity index is 525. The van der Waals surface area contributed by atoms with E-state index in [9.17, 15) is 0 Å². The molecule has 1 N–H and O–H groups in total. The van der Waals surface area contributed by atoms with E-state index in [0.717, 1.165) is 24.0 Å². The highest BCUT2D eigenvalue weighted by molar-refractivity contribution is 9.09. The van der Waals surface area contributed by atoms with Crippen molar-refractivity contribution in [2.24, 2.45) is 0 Å². The molecule has 0 saturated heterocycles. The van der Waals surface area contributed by atoms with Gasteiger partial charge in [0.2, 0.25) is 0 Å². The van der Waals surface area contributed by atoms with Crippen LogP contribution in [0.1, 0.15) is 18.1 Å². The Labute approximate surface area is 129 Å². The van der Waals surface area contributed by atoms with E-state index < -0.39 is 0 Å². The lowest BCUT2D eigenvalue weighted by molar-refractivity contribution is 0.345. The highest BCUT2D eigenvalue weighted by atomic mass is 79.9. The number of aryl methyl sites for hydroxylation is 1. The molecular formula is C17H20BrNO. The van der Waals surface area contributed by atoms with Gasteiger partial charge in [-0.15, -0.1) is 0 Å². The van der Waals surface area contributed by atoms with Crippen molar-refractivity contribution in [3.63, 3.8) is 0 Å². The minimum atomic E-state index is 0.696. The summed E-state index contributed by atoms with van der Waals surface area (Å²) >= 11 is 3.35. The number of hydrogen-bond donors (Lipinski definition) is 1. The molecule has 0 amide bonds. The fraction of sp³-hybridized carbons (Fsp3) is 0.294. The van der Waals surface area contributed by atoms with Crippen molar-refractivity contribution in [1.29, 1.82) is 0 Å². The van der Waals surface area contributed by atoms with Gasteiger partial charge in [0, 0.05) is 17.6 Å². The fourth-order valence-corrected chi connectivity index (χ4v) is 2.22. The molecule has 0 radical (unpaired) electrons. The van der Waals surface area contributed by atoms with Gasteiger partial charge in [0.1, 0.15) is 5.75 Å². The molecule has 0 unspecified atom stereocenters. The van der Waals surface area contributed by atoms with Gasteiger partial charge in [-0.3, -0.25) is 0 Å². The quantitative estimate of drug-likeness (QED) is 0.745. The lowest BCUT2D eigenvalue weighted by Crippen LogP contribution is -2.02. The van der Waals surface area contributed by atoms with Crippen LogP contribution in [-0.2, 0) is 13.0 Å². The van der Waals surface area contributed by atoms with Gasteiger partial charge in [0.25, 0.3) is 0 Å². The number of alkyl halides is 1. The van der Waals surface area contributed by atoms with E-state index in [4.69, 9.17) is 4.74 Å². The molecule has 0 heterocycles. The SMILES string of the molecule is CCc1ccccc1NCc1ccc(OCCBr)cc1. The van der Waals surface area contributed by atoms with Gasteiger partial charge in [0.05, 0.1) is 6.61 Å². The van der Waals surface area contributed by atoms with Crippen LogP contribution < -0.4 is 10.1 Å². The normalized spacial score (nSPS) is 10.3. The summed E-state index contributed by atoms with van der Waals surface area (Å²) in [6, 6.07) is 16.7. The molecule has 2 aromatic rings. The molecule has 2 rings (SSSR count). The molecule has 3 heteroatoms. The average Bonchev–Trinajstić information content (AvgIpc) is 2.52. The Hall–Kier alpha value is -1.48. The molecule has 0 fully saturated rings. The Morgan fingerprint density at radius 3 is 2.50 bits per heavy atom. The van der Waals surface area contributed by atoms with Crippen molar-refractivity contribution in [1.82, 2.24) is 0 Å². The largest absolute Gasteiger partial charge is 0.493 e. The molecule has 0 aliphatic heterocycles. The monoisotopic (exact) mass is 333 g/mol. The summed E-state index contributed by atoms with van der Waals surface area (Å²) in [5, 5.41) is 4.35. The van der Waals surface area contributed by atoms with Gasteiger partial charge in [-0.05, 0) is 35.7 Å². The highest BCUT2D eigenvalue weighted by Crippen LogP contribution is 2.18. The first kappa shape index (κ1) is 14.9. The second-order valence-electron chi connectivity index (χ2n) is 4.55. The minimum Gasteiger partial charge on any atom is -0.493 e. The second-order valence-corrected chi connectivity index (χ2v) is 5.34. The third kappa shape index (κ3) is 4.27. The summed E-state index contributed by atoms with van der Waals surface area (Å²) in [7, 11) is 0. The van der Waals surface area contributed by atoms with Gasteiger partial charge < -0.3 is 10.1 Å². The molecule has 0 aliphatic rings. The summed E-state index contributed by atoms with van der Waals surface area (Å²) in [6.07, 6.45) is 1.04. The van der Waals surface area contributed by atoms with E-state index in [1.54, 1.807) is 0 Å². The van der Waals surface area contributed by atoms with Crippen molar-refractivity contribution in [3.8, 4) is 5.75 Å². The Morgan fingerprint density at radius 1 is 1.05 bits per heavy atom. The first-order chi connectivity index (χ1) is 9.83. The maximum Gasteiger partial charge on any atom is 0.119 e. The summed E-state index contributed by atoms with van der Waals surface area (Å²) in [6.45, 7) is 3.70. The van der Waals surface area contributed by atoms with Crippen LogP contribution in [-0.4, -0.2) is 11.9 Å². The van der Waals surface area contributed by atoms with E-state index in [-0.39, 0.29) is 0 Å². The molecule has 0 bridgehead atoms. The summed E-state index contributed by atoms with van der Waals surface area (Å²) in [5.74, 6) is 0.919. The molecule has 0 aliphatic carbocycles. The molecule has 20 heavy (non-hydrogen) atoms. The standard InChI is InChI=1S/C17H20BrNO/c1-2-15-5-3-4-6-17(15)19-13-14-7-9-16(10-8-14)20-12-11-18/h3-10,19H,2,11-13H2,1H3. The maximum atomic E-state index is 5.54. The highest BCUT2D eigenvalue weighted by Gasteiger charge is 2.00. The van der Waals surface area contributed by atoms with E-state index in [2.05, 4.69) is 64.6 Å². The fourth-order valence-electron chi connectivity index (χ4n) is 2.06. The summed E-state index contributed by atoms with van der Waals surface area (Å²) < 4.78 is 5.54. The number of ether oxygens (including phenoxy) is 1. The van der Waals surface area contributed by atoms with E-state index >= 15 is 0 Å². The number of halogens is 1. The zero-order valence-electron chi connectivity index (χ0n) is 11.7. The number of rotatable bonds is 7. The summed E-state index contributed by atoms with van der Waals surface area (Å²) in [5.41, 5.74) is 3.82. The van der Waals surface area contributed by atoms with Crippen LogP contribution in [0.3, 0.4) is 0 Å². The average molecular weight is 334 g/mol. The number of anilines is 1. The lowest BCUT2D eigenvalue weighted by atomic mass is 10.1. The van der Waals surface area contributed by atoms with Crippen LogP contribution in [0.25, 0.3) is 0 Å². The predicted molar refractivity (Wildman–Crippen MR) is 88.9 cm³/mol. The van der Waals surface area contributed by atoms with E-state index in [0.29, 0.717) is 6.61 Å². The Morgan fingerprint density at radius 2 is 1.80 bits per heavy atom. The maximum absolute atomic E-state index is 5.54. The predicted octanol–water partition coefficient (Wildman–Crippen LogP) is 4.63. The van der Waals surface area contributed by atoms with Gasteiger partial charge in [-0.2, -0.15) is 0 Å². The van der Waals surface area contributed by atoms with Gasteiger partial charge in [-0.25, -0.2) is 0 Å². The number of hydrogen-bond acceptors (Lipinski definition) is 2. The van der Waals surface area contributed by atoms with Crippen LogP contribution in [0, 0.1) is 0 Å². The van der Waals surface area contributed by atoms with Crippen molar-refractivity contribution >= 4 is 21.6 Å². The Kier molecular flexibility index (Phi) is 5.93. The third-order valence-electron chi connectivity index (χ3n) is 3.15. The number of para-hydroxylation sites is 1. The van der Waals surface area contributed by atoms with Crippen LogP contribution in [0.4, 0.5) is 5.69 Å². The lowest BCUT2D eigenvalue weighted by Gasteiger charge is -2.11.